The minimum atomic E-state index is -3.68. The molecule has 1 saturated heterocycles. The average molecular weight is 327 g/mol. The number of benzene rings is 1. The quantitative estimate of drug-likeness (QED) is 0.818. The second-order valence-corrected chi connectivity index (χ2v) is 7.58. The summed E-state index contributed by atoms with van der Waals surface area (Å²) in [5, 5.41) is 9.00. The molecule has 0 saturated carbocycles. The van der Waals surface area contributed by atoms with Crippen molar-refractivity contribution in [3.05, 3.63) is 35.4 Å². The number of carbonyl (C=O) groups is 1. The van der Waals surface area contributed by atoms with E-state index in [-0.39, 0.29) is 18.4 Å². The first kappa shape index (κ1) is 16.9. The molecule has 1 N–H and O–H groups in total. The summed E-state index contributed by atoms with van der Waals surface area (Å²) in [4.78, 5) is 11.0. The van der Waals surface area contributed by atoms with Crippen molar-refractivity contribution in [1.82, 2.24) is 4.31 Å². The third-order valence-electron chi connectivity index (χ3n) is 3.57. The van der Waals surface area contributed by atoms with E-state index in [9.17, 15) is 13.2 Å². The van der Waals surface area contributed by atoms with Gasteiger partial charge in [-0.1, -0.05) is 29.8 Å². The van der Waals surface area contributed by atoms with Crippen LogP contribution in [0.2, 0.25) is 0 Å². The fraction of sp³-hybridized carbons (Fsp3) is 0.533. The van der Waals surface area contributed by atoms with Crippen LogP contribution >= 0.6 is 0 Å². The molecule has 1 unspecified atom stereocenters. The summed E-state index contributed by atoms with van der Waals surface area (Å²) < 4.78 is 31.4. The monoisotopic (exact) mass is 327 g/mol. The van der Waals surface area contributed by atoms with Crippen LogP contribution < -0.4 is 0 Å². The highest BCUT2D eigenvalue weighted by molar-refractivity contribution is 7.89. The summed E-state index contributed by atoms with van der Waals surface area (Å²) in [6.45, 7) is 1.99. The van der Waals surface area contributed by atoms with E-state index >= 15 is 0 Å². The molecule has 0 amide bonds. The smallest absolute Gasteiger partial charge is 0.318 e. The van der Waals surface area contributed by atoms with Crippen molar-refractivity contribution >= 4 is 16.0 Å². The summed E-state index contributed by atoms with van der Waals surface area (Å²) in [5.74, 6) is -1.32. The fourth-order valence-electron chi connectivity index (χ4n) is 2.53. The largest absolute Gasteiger partial charge is 0.480 e. The Morgan fingerprint density at radius 1 is 1.45 bits per heavy atom. The normalized spacial score (nSPS) is 18.7. The lowest BCUT2D eigenvalue weighted by atomic mass is 10.1. The predicted molar refractivity (Wildman–Crippen MR) is 82.0 cm³/mol. The lowest BCUT2D eigenvalue weighted by Gasteiger charge is -2.22. The molecule has 22 heavy (non-hydrogen) atoms. The van der Waals surface area contributed by atoms with Gasteiger partial charge in [0.05, 0.1) is 11.9 Å². The third kappa shape index (κ3) is 4.79. The van der Waals surface area contributed by atoms with Gasteiger partial charge in [-0.05, 0) is 25.3 Å². The number of hydrogen-bond donors (Lipinski definition) is 1. The van der Waals surface area contributed by atoms with Gasteiger partial charge in [0, 0.05) is 13.2 Å². The molecule has 0 aromatic heterocycles. The van der Waals surface area contributed by atoms with Crippen molar-refractivity contribution in [2.24, 2.45) is 0 Å². The molecule has 7 heteroatoms. The van der Waals surface area contributed by atoms with Crippen LogP contribution in [0.15, 0.2) is 24.3 Å². The van der Waals surface area contributed by atoms with E-state index in [1.165, 1.54) is 0 Å². The highest BCUT2D eigenvalue weighted by Crippen LogP contribution is 2.18. The Hall–Kier alpha value is -1.44. The van der Waals surface area contributed by atoms with Crippen LogP contribution in [0.5, 0.6) is 0 Å². The zero-order chi connectivity index (χ0) is 16.2. The van der Waals surface area contributed by atoms with Gasteiger partial charge in [-0.15, -0.1) is 0 Å². The van der Waals surface area contributed by atoms with E-state index in [1.807, 2.05) is 25.1 Å². The van der Waals surface area contributed by atoms with E-state index in [0.717, 1.165) is 21.9 Å². The van der Waals surface area contributed by atoms with E-state index in [2.05, 4.69) is 0 Å². The van der Waals surface area contributed by atoms with Gasteiger partial charge in [0.1, 0.15) is 6.54 Å². The summed E-state index contributed by atoms with van der Waals surface area (Å²) >= 11 is 0. The predicted octanol–water partition coefficient (Wildman–Crippen LogP) is 1.39. The SMILES string of the molecule is Cc1cccc(CN(CC(=O)O)S(=O)(=O)CC2CCCO2)c1. The van der Waals surface area contributed by atoms with E-state index in [0.29, 0.717) is 13.0 Å². The first-order valence-corrected chi connectivity index (χ1v) is 8.84. The van der Waals surface area contributed by atoms with Crippen molar-refractivity contribution < 1.29 is 23.1 Å². The molecule has 0 radical (unpaired) electrons. The second-order valence-electron chi connectivity index (χ2n) is 5.56. The van der Waals surface area contributed by atoms with Gasteiger partial charge in [0.2, 0.25) is 10.0 Å². The molecule has 0 spiro atoms. The van der Waals surface area contributed by atoms with Crippen LogP contribution in [-0.4, -0.2) is 48.8 Å². The van der Waals surface area contributed by atoms with Crippen LogP contribution in [0, 0.1) is 6.92 Å². The van der Waals surface area contributed by atoms with E-state index in [1.54, 1.807) is 6.07 Å². The van der Waals surface area contributed by atoms with Crippen molar-refractivity contribution in [1.29, 1.82) is 0 Å². The van der Waals surface area contributed by atoms with Crippen LogP contribution in [0.1, 0.15) is 24.0 Å². The molecule has 1 aliphatic rings. The second kappa shape index (κ2) is 7.21. The number of sulfonamides is 1. The molecule has 0 aliphatic carbocycles. The summed E-state index contributed by atoms with van der Waals surface area (Å²) in [7, 11) is -3.68. The van der Waals surface area contributed by atoms with Crippen molar-refractivity contribution in [2.75, 3.05) is 18.9 Å². The number of hydrogen-bond acceptors (Lipinski definition) is 4. The molecule has 0 bridgehead atoms. The Balaban J connectivity index is 2.15. The maximum absolute atomic E-state index is 12.5. The van der Waals surface area contributed by atoms with Crippen molar-refractivity contribution in [3.8, 4) is 0 Å². The molecule has 1 fully saturated rings. The lowest BCUT2D eigenvalue weighted by Crippen LogP contribution is -2.39. The Labute approximate surface area is 130 Å². The summed E-state index contributed by atoms with van der Waals surface area (Å²) in [5.41, 5.74) is 1.78. The fourth-order valence-corrected chi connectivity index (χ4v) is 4.13. The van der Waals surface area contributed by atoms with Crippen molar-refractivity contribution in [2.45, 2.75) is 32.4 Å². The number of carboxylic acids is 1. The van der Waals surface area contributed by atoms with Gasteiger partial charge < -0.3 is 9.84 Å². The number of aliphatic carboxylic acids is 1. The molecule has 2 rings (SSSR count). The first-order valence-electron chi connectivity index (χ1n) is 7.23. The zero-order valence-electron chi connectivity index (χ0n) is 12.6. The molecule has 1 heterocycles. The lowest BCUT2D eigenvalue weighted by molar-refractivity contribution is -0.137. The van der Waals surface area contributed by atoms with Gasteiger partial charge in [-0.25, -0.2) is 8.42 Å². The van der Waals surface area contributed by atoms with Crippen molar-refractivity contribution in [3.63, 3.8) is 0 Å². The van der Waals surface area contributed by atoms with Gasteiger partial charge in [0.15, 0.2) is 0 Å². The van der Waals surface area contributed by atoms with Gasteiger partial charge in [-0.3, -0.25) is 4.79 Å². The van der Waals surface area contributed by atoms with Gasteiger partial charge in [0.25, 0.3) is 0 Å². The topological polar surface area (TPSA) is 83.9 Å². The summed E-state index contributed by atoms with van der Waals surface area (Å²) in [6, 6.07) is 7.39. The zero-order valence-corrected chi connectivity index (χ0v) is 13.4. The number of carboxylic acid groups (broad SMARTS) is 1. The first-order chi connectivity index (χ1) is 10.4. The molecule has 1 atom stereocenters. The van der Waals surface area contributed by atoms with Crippen LogP contribution in [0.3, 0.4) is 0 Å². The summed E-state index contributed by atoms with van der Waals surface area (Å²) in [6.07, 6.45) is 1.21. The van der Waals surface area contributed by atoms with Gasteiger partial charge in [-0.2, -0.15) is 4.31 Å². The van der Waals surface area contributed by atoms with Crippen LogP contribution in [0.4, 0.5) is 0 Å². The average Bonchev–Trinajstić information content (AvgIpc) is 2.89. The molecule has 1 aromatic carbocycles. The molecular weight excluding hydrogens is 306 g/mol. The number of ether oxygens (including phenoxy) is 1. The third-order valence-corrected chi connectivity index (χ3v) is 5.40. The number of nitrogens with zero attached hydrogens (tertiary/aromatic N) is 1. The minimum absolute atomic E-state index is 0.0586. The Morgan fingerprint density at radius 2 is 2.23 bits per heavy atom. The van der Waals surface area contributed by atoms with E-state index in [4.69, 9.17) is 9.84 Å². The Kier molecular flexibility index (Phi) is 5.55. The Bertz CT molecular complexity index is 623. The number of aryl methyl sites for hydroxylation is 1. The van der Waals surface area contributed by atoms with Gasteiger partial charge >= 0.3 is 5.97 Å². The molecule has 1 aliphatic heterocycles. The van der Waals surface area contributed by atoms with Crippen LogP contribution in [0.25, 0.3) is 0 Å². The molecule has 1 aromatic rings. The molecule has 122 valence electrons. The highest BCUT2D eigenvalue weighted by Gasteiger charge is 2.30. The molecule has 6 nitrogen and oxygen atoms in total. The number of rotatable bonds is 7. The maximum Gasteiger partial charge on any atom is 0.318 e. The minimum Gasteiger partial charge on any atom is -0.480 e. The molecular formula is C15H21NO5S. The highest BCUT2D eigenvalue weighted by atomic mass is 32.2. The van der Waals surface area contributed by atoms with Crippen LogP contribution in [-0.2, 0) is 26.1 Å². The standard InChI is InChI=1S/C15H21NO5S/c1-12-4-2-5-13(8-12)9-16(10-15(17)18)22(19,20)11-14-6-3-7-21-14/h2,4-5,8,14H,3,6-7,9-11H2,1H3,(H,17,18). The maximum atomic E-state index is 12.5. The Morgan fingerprint density at radius 3 is 2.82 bits per heavy atom. The van der Waals surface area contributed by atoms with E-state index < -0.39 is 22.5 Å².